The predicted molar refractivity (Wildman–Crippen MR) is 66.7 cm³/mol. The Morgan fingerprint density at radius 2 is 2.06 bits per heavy atom. The van der Waals surface area contributed by atoms with E-state index < -0.39 is 0 Å². The van der Waals surface area contributed by atoms with E-state index in [9.17, 15) is 0 Å². The summed E-state index contributed by atoms with van der Waals surface area (Å²) in [4.78, 5) is 3.32. The minimum absolute atomic E-state index is 0.342. The van der Waals surface area contributed by atoms with Crippen molar-refractivity contribution in [3.05, 3.63) is 30.0 Å². The van der Waals surface area contributed by atoms with Crippen molar-refractivity contribution in [1.82, 2.24) is 4.98 Å². The van der Waals surface area contributed by atoms with Gasteiger partial charge in [-0.15, -0.1) is 0 Å². The lowest BCUT2D eigenvalue weighted by atomic mass is 10.0. The van der Waals surface area contributed by atoms with Crippen LogP contribution in [0.5, 0.6) is 5.75 Å². The molecule has 86 valence electrons. The van der Waals surface area contributed by atoms with Crippen molar-refractivity contribution >= 4 is 10.9 Å². The van der Waals surface area contributed by atoms with E-state index in [4.69, 9.17) is 10.5 Å². The maximum absolute atomic E-state index is 6.05. The molecular weight excluding hydrogens is 200 g/mol. The van der Waals surface area contributed by atoms with E-state index in [-0.39, 0.29) is 5.54 Å². The second-order valence-electron chi connectivity index (χ2n) is 4.59. The van der Waals surface area contributed by atoms with Crippen LogP contribution >= 0.6 is 0 Å². The monoisotopic (exact) mass is 218 g/mol. The Hall–Kier alpha value is -1.48. The van der Waals surface area contributed by atoms with Gasteiger partial charge in [-0.1, -0.05) is 0 Å². The van der Waals surface area contributed by atoms with Gasteiger partial charge in [-0.2, -0.15) is 0 Å². The standard InChI is InChI=1S/C13H18N2O/c1-4-16-10-5-6-11-9(7-10)8-12(15-11)13(2,3)14/h5-8,15H,4,14H2,1-3H3. The number of benzene rings is 1. The molecule has 3 heteroatoms. The molecule has 0 saturated heterocycles. The SMILES string of the molecule is CCOc1ccc2[nH]c(C(C)(C)N)cc2c1. The molecule has 0 radical (unpaired) electrons. The molecule has 1 aromatic heterocycles. The fourth-order valence-corrected chi connectivity index (χ4v) is 1.71. The van der Waals surface area contributed by atoms with Crippen LogP contribution in [0.4, 0.5) is 0 Å². The van der Waals surface area contributed by atoms with Crippen LogP contribution in [0.25, 0.3) is 10.9 Å². The van der Waals surface area contributed by atoms with Gasteiger partial charge in [0.2, 0.25) is 0 Å². The van der Waals surface area contributed by atoms with Gasteiger partial charge in [0, 0.05) is 16.6 Å². The van der Waals surface area contributed by atoms with Crippen molar-refractivity contribution < 1.29 is 4.74 Å². The molecule has 1 heterocycles. The number of ether oxygens (including phenoxy) is 1. The summed E-state index contributed by atoms with van der Waals surface area (Å²) in [6.45, 7) is 6.64. The van der Waals surface area contributed by atoms with Gasteiger partial charge in [0.15, 0.2) is 0 Å². The van der Waals surface area contributed by atoms with Gasteiger partial charge in [-0.3, -0.25) is 0 Å². The molecule has 2 aromatic rings. The van der Waals surface area contributed by atoms with Crippen LogP contribution in [0.15, 0.2) is 24.3 Å². The van der Waals surface area contributed by atoms with E-state index in [2.05, 4.69) is 11.1 Å². The smallest absolute Gasteiger partial charge is 0.120 e. The molecule has 0 saturated carbocycles. The number of nitrogens with one attached hydrogen (secondary N) is 1. The van der Waals surface area contributed by atoms with Gasteiger partial charge in [0.1, 0.15) is 5.75 Å². The Kier molecular flexibility index (Phi) is 2.64. The fourth-order valence-electron chi connectivity index (χ4n) is 1.71. The van der Waals surface area contributed by atoms with Gasteiger partial charge in [-0.25, -0.2) is 0 Å². The summed E-state index contributed by atoms with van der Waals surface area (Å²) < 4.78 is 5.46. The van der Waals surface area contributed by atoms with Crippen LogP contribution in [0.2, 0.25) is 0 Å². The van der Waals surface area contributed by atoms with E-state index in [0.29, 0.717) is 6.61 Å². The van der Waals surface area contributed by atoms with Crippen LogP contribution in [-0.2, 0) is 5.54 Å². The van der Waals surface area contributed by atoms with Crippen LogP contribution in [0.3, 0.4) is 0 Å². The normalized spacial score (nSPS) is 12.0. The topological polar surface area (TPSA) is 51.0 Å². The number of H-pyrrole nitrogens is 1. The highest BCUT2D eigenvalue weighted by molar-refractivity contribution is 5.82. The maximum atomic E-state index is 6.05. The molecule has 3 nitrogen and oxygen atoms in total. The van der Waals surface area contributed by atoms with E-state index in [0.717, 1.165) is 22.3 Å². The first kappa shape index (κ1) is 11.0. The number of rotatable bonds is 3. The average Bonchev–Trinajstić information content (AvgIpc) is 2.60. The number of fused-ring (bicyclic) bond motifs is 1. The van der Waals surface area contributed by atoms with Crippen molar-refractivity contribution in [3.8, 4) is 5.75 Å². The van der Waals surface area contributed by atoms with Crippen molar-refractivity contribution in [2.24, 2.45) is 5.73 Å². The maximum Gasteiger partial charge on any atom is 0.120 e. The number of aromatic amines is 1. The third-order valence-electron chi connectivity index (χ3n) is 2.60. The number of nitrogens with two attached hydrogens (primary N) is 1. The summed E-state index contributed by atoms with van der Waals surface area (Å²) >= 11 is 0. The molecule has 3 N–H and O–H groups in total. The van der Waals surface area contributed by atoms with Crippen molar-refractivity contribution in [2.45, 2.75) is 26.3 Å². The molecule has 0 aliphatic rings. The zero-order valence-corrected chi connectivity index (χ0v) is 10.0. The number of aromatic nitrogens is 1. The molecule has 1 aromatic carbocycles. The second kappa shape index (κ2) is 3.83. The minimum Gasteiger partial charge on any atom is -0.494 e. The van der Waals surface area contributed by atoms with Gasteiger partial charge >= 0.3 is 0 Å². The molecule has 0 amide bonds. The highest BCUT2D eigenvalue weighted by Gasteiger charge is 2.16. The van der Waals surface area contributed by atoms with Crippen molar-refractivity contribution in [3.63, 3.8) is 0 Å². The van der Waals surface area contributed by atoms with Gasteiger partial charge in [0.05, 0.1) is 12.1 Å². The molecule has 0 spiro atoms. The molecular formula is C13H18N2O. The van der Waals surface area contributed by atoms with E-state index in [1.807, 2.05) is 39.0 Å². The molecule has 16 heavy (non-hydrogen) atoms. The molecule has 0 unspecified atom stereocenters. The zero-order chi connectivity index (χ0) is 11.8. The van der Waals surface area contributed by atoms with Gasteiger partial charge in [0.25, 0.3) is 0 Å². The Balaban J connectivity index is 2.46. The van der Waals surface area contributed by atoms with E-state index >= 15 is 0 Å². The van der Waals surface area contributed by atoms with Gasteiger partial charge < -0.3 is 15.5 Å². The lowest BCUT2D eigenvalue weighted by molar-refractivity contribution is 0.341. The molecule has 2 rings (SSSR count). The Bertz CT molecular complexity index is 494. The van der Waals surface area contributed by atoms with E-state index in [1.54, 1.807) is 0 Å². The highest BCUT2D eigenvalue weighted by Crippen LogP contribution is 2.25. The molecule has 0 aliphatic heterocycles. The van der Waals surface area contributed by atoms with Crippen LogP contribution in [0.1, 0.15) is 26.5 Å². The lowest BCUT2D eigenvalue weighted by Gasteiger charge is -2.15. The Morgan fingerprint density at radius 3 is 2.69 bits per heavy atom. The van der Waals surface area contributed by atoms with Crippen LogP contribution in [-0.4, -0.2) is 11.6 Å². The zero-order valence-electron chi connectivity index (χ0n) is 10.0. The highest BCUT2D eigenvalue weighted by atomic mass is 16.5. The summed E-state index contributed by atoms with van der Waals surface area (Å²) in [5, 5.41) is 1.14. The third kappa shape index (κ3) is 2.04. The van der Waals surface area contributed by atoms with Gasteiger partial charge in [-0.05, 0) is 45.0 Å². The summed E-state index contributed by atoms with van der Waals surface area (Å²) in [6.07, 6.45) is 0. The summed E-state index contributed by atoms with van der Waals surface area (Å²) in [5.41, 5.74) is 7.84. The molecule has 0 aliphatic carbocycles. The van der Waals surface area contributed by atoms with Crippen LogP contribution < -0.4 is 10.5 Å². The quantitative estimate of drug-likeness (QED) is 0.832. The summed E-state index contributed by atoms with van der Waals surface area (Å²) in [7, 11) is 0. The lowest BCUT2D eigenvalue weighted by Crippen LogP contribution is -2.28. The van der Waals surface area contributed by atoms with E-state index in [1.165, 1.54) is 0 Å². The Morgan fingerprint density at radius 1 is 1.31 bits per heavy atom. The summed E-state index contributed by atoms with van der Waals surface area (Å²) in [6, 6.07) is 8.10. The molecule has 0 bridgehead atoms. The van der Waals surface area contributed by atoms with Crippen molar-refractivity contribution in [2.75, 3.05) is 6.61 Å². The predicted octanol–water partition coefficient (Wildman–Crippen LogP) is 2.76. The first-order valence-electron chi connectivity index (χ1n) is 5.55. The molecule has 0 fully saturated rings. The second-order valence-corrected chi connectivity index (χ2v) is 4.59. The number of hydrogen-bond acceptors (Lipinski definition) is 2. The summed E-state index contributed by atoms with van der Waals surface area (Å²) in [5.74, 6) is 0.898. The first-order valence-corrected chi connectivity index (χ1v) is 5.55. The first-order chi connectivity index (χ1) is 7.50. The fraction of sp³-hybridized carbons (Fsp3) is 0.385. The third-order valence-corrected chi connectivity index (χ3v) is 2.60. The minimum atomic E-state index is -0.342. The average molecular weight is 218 g/mol. The number of hydrogen-bond donors (Lipinski definition) is 2. The largest absolute Gasteiger partial charge is 0.494 e. The Labute approximate surface area is 95.6 Å². The van der Waals surface area contributed by atoms with Crippen LogP contribution in [0, 0.1) is 0 Å². The molecule has 0 atom stereocenters. The van der Waals surface area contributed by atoms with Crippen molar-refractivity contribution in [1.29, 1.82) is 0 Å².